The lowest BCUT2D eigenvalue weighted by Crippen LogP contribution is -2.39. The Morgan fingerprint density at radius 2 is 2.04 bits per heavy atom. The molecule has 1 aromatic carbocycles. The molecule has 8 heteroatoms. The van der Waals surface area contributed by atoms with Gasteiger partial charge in [0.25, 0.3) is 5.91 Å². The summed E-state index contributed by atoms with van der Waals surface area (Å²) in [7, 11) is 1.64. The second-order valence-electron chi connectivity index (χ2n) is 7.20. The van der Waals surface area contributed by atoms with Gasteiger partial charge >= 0.3 is 0 Å². The predicted molar refractivity (Wildman–Crippen MR) is 97.8 cm³/mol. The average molecular weight is 369 g/mol. The minimum atomic E-state index is -0.414. The second kappa shape index (κ2) is 7.11. The Balaban J connectivity index is 1.43. The van der Waals surface area contributed by atoms with E-state index in [1.807, 2.05) is 17.0 Å². The molecule has 2 aliphatic heterocycles. The standard InChI is InChI=1S/C19H23N5O3/c1-27-11-10-23-8-6-19(18(23)26)7-9-24(12-19)17(25)15-4-2-14(3-5-15)16-20-13-21-22-16/h2-5,13H,6-12H2,1H3,(H,20,21,22). The molecule has 1 unspecified atom stereocenters. The van der Waals surface area contributed by atoms with Crippen LogP contribution >= 0.6 is 0 Å². The van der Waals surface area contributed by atoms with Crippen LogP contribution in [0.15, 0.2) is 30.6 Å². The maximum Gasteiger partial charge on any atom is 0.253 e. The van der Waals surface area contributed by atoms with Gasteiger partial charge in [0.2, 0.25) is 5.91 Å². The molecule has 1 spiro atoms. The number of hydrogen-bond acceptors (Lipinski definition) is 5. The van der Waals surface area contributed by atoms with Crippen LogP contribution in [0, 0.1) is 5.41 Å². The van der Waals surface area contributed by atoms with Crippen LogP contribution in [-0.2, 0) is 9.53 Å². The summed E-state index contributed by atoms with van der Waals surface area (Å²) in [6.07, 6.45) is 2.99. The molecule has 0 radical (unpaired) electrons. The van der Waals surface area contributed by atoms with Crippen LogP contribution in [0.5, 0.6) is 0 Å². The predicted octanol–water partition coefficient (Wildman–Crippen LogP) is 1.18. The van der Waals surface area contributed by atoms with Gasteiger partial charge in [0.15, 0.2) is 5.82 Å². The molecule has 8 nitrogen and oxygen atoms in total. The number of methoxy groups -OCH3 is 1. The summed E-state index contributed by atoms with van der Waals surface area (Å²) < 4.78 is 5.09. The summed E-state index contributed by atoms with van der Waals surface area (Å²) in [6, 6.07) is 7.30. The topological polar surface area (TPSA) is 91.4 Å². The molecule has 1 N–H and O–H groups in total. The first-order valence-electron chi connectivity index (χ1n) is 9.16. The molecule has 0 bridgehead atoms. The van der Waals surface area contributed by atoms with Gasteiger partial charge in [-0.1, -0.05) is 12.1 Å². The van der Waals surface area contributed by atoms with Gasteiger partial charge in [-0.3, -0.25) is 14.7 Å². The van der Waals surface area contributed by atoms with Crippen molar-refractivity contribution in [2.24, 2.45) is 5.41 Å². The third-order valence-corrected chi connectivity index (χ3v) is 5.63. The number of aromatic nitrogens is 3. The van der Waals surface area contributed by atoms with Crippen molar-refractivity contribution in [1.29, 1.82) is 0 Å². The maximum absolute atomic E-state index is 12.9. The Hall–Kier alpha value is -2.74. The van der Waals surface area contributed by atoms with Crippen molar-refractivity contribution in [1.82, 2.24) is 25.0 Å². The van der Waals surface area contributed by atoms with Crippen LogP contribution in [0.1, 0.15) is 23.2 Å². The first kappa shape index (κ1) is 17.7. The number of likely N-dealkylation sites (tertiary alicyclic amines) is 2. The maximum atomic E-state index is 12.9. The van der Waals surface area contributed by atoms with Crippen molar-refractivity contribution in [3.8, 4) is 11.4 Å². The average Bonchev–Trinajstić information content (AvgIpc) is 3.43. The number of benzene rings is 1. The summed E-state index contributed by atoms with van der Waals surface area (Å²) in [5.74, 6) is 0.802. The molecule has 27 heavy (non-hydrogen) atoms. The summed E-state index contributed by atoms with van der Waals surface area (Å²) >= 11 is 0. The molecule has 1 aromatic heterocycles. The summed E-state index contributed by atoms with van der Waals surface area (Å²) in [6.45, 7) is 3.02. The minimum Gasteiger partial charge on any atom is -0.383 e. The monoisotopic (exact) mass is 369 g/mol. The van der Waals surface area contributed by atoms with Crippen molar-refractivity contribution in [2.75, 3.05) is 39.9 Å². The zero-order valence-corrected chi connectivity index (χ0v) is 15.4. The van der Waals surface area contributed by atoms with E-state index in [1.165, 1.54) is 6.33 Å². The Kier molecular flexibility index (Phi) is 4.65. The van der Waals surface area contributed by atoms with Crippen LogP contribution in [0.4, 0.5) is 0 Å². The highest BCUT2D eigenvalue weighted by Crippen LogP contribution is 2.41. The Morgan fingerprint density at radius 3 is 2.74 bits per heavy atom. The van der Waals surface area contributed by atoms with E-state index in [0.29, 0.717) is 37.6 Å². The fraction of sp³-hybridized carbons (Fsp3) is 0.474. The lowest BCUT2D eigenvalue weighted by molar-refractivity contribution is -0.135. The largest absolute Gasteiger partial charge is 0.383 e. The Morgan fingerprint density at radius 1 is 1.26 bits per heavy atom. The highest BCUT2D eigenvalue weighted by molar-refractivity contribution is 5.96. The van der Waals surface area contributed by atoms with Crippen molar-refractivity contribution in [3.63, 3.8) is 0 Å². The molecule has 3 heterocycles. The normalized spacial score (nSPS) is 22.2. The molecule has 2 saturated heterocycles. The number of hydrogen-bond donors (Lipinski definition) is 1. The molecular weight excluding hydrogens is 346 g/mol. The lowest BCUT2D eigenvalue weighted by Gasteiger charge is -2.23. The van der Waals surface area contributed by atoms with Crippen LogP contribution in [0.25, 0.3) is 11.4 Å². The van der Waals surface area contributed by atoms with Gasteiger partial charge in [0, 0.05) is 44.4 Å². The smallest absolute Gasteiger partial charge is 0.253 e. The fourth-order valence-electron chi connectivity index (χ4n) is 4.03. The van der Waals surface area contributed by atoms with Gasteiger partial charge in [-0.05, 0) is 25.0 Å². The lowest BCUT2D eigenvalue weighted by atomic mass is 9.85. The third kappa shape index (κ3) is 3.21. The molecular formula is C19H23N5O3. The summed E-state index contributed by atoms with van der Waals surface area (Å²) in [5, 5.41) is 6.64. The van der Waals surface area contributed by atoms with Gasteiger partial charge in [0.05, 0.1) is 12.0 Å². The summed E-state index contributed by atoms with van der Waals surface area (Å²) in [4.78, 5) is 33.5. The van der Waals surface area contributed by atoms with Crippen molar-refractivity contribution in [2.45, 2.75) is 12.8 Å². The molecule has 2 amide bonds. The van der Waals surface area contributed by atoms with E-state index in [4.69, 9.17) is 4.74 Å². The molecule has 4 rings (SSSR count). The third-order valence-electron chi connectivity index (χ3n) is 5.63. The number of carbonyl (C=O) groups is 2. The van der Waals surface area contributed by atoms with E-state index in [9.17, 15) is 9.59 Å². The first-order chi connectivity index (χ1) is 13.1. The number of nitrogens with zero attached hydrogens (tertiary/aromatic N) is 4. The van der Waals surface area contributed by atoms with E-state index < -0.39 is 5.41 Å². The highest BCUT2D eigenvalue weighted by atomic mass is 16.5. The number of H-pyrrole nitrogens is 1. The Labute approximate surface area is 157 Å². The Bertz CT molecular complexity index is 820. The zero-order valence-electron chi connectivity index (χ0n) is 15.4. The van der Waals surface area contributed by atoms with E-state index in [1.54, 1.807) is 24.1 Å². The number of amides is 2. The van der Waals surface area contributed by atoms with Gasteiger partial charge in [-0.2, -0.15) is 5.10 Å². The van der Waals surface area contributed by atoms with E-state index in [2.05, 4.69) is 15.2 Å². The van der Waals surface area contributed by atoms with Gasteiger partial charge in [-0.15, -0.1) is 0 Å². The number of ether oxygens (including phenoxy) is 1. The van der Waals surface area contributed by atoms with E-state index in [-0.39, 0.29) is 11.8 Å². The SMILES string of the molecule is COCCN1CCC2(CCN(C(=O)c3ccc(-c4ncn[nH]4)cc3)C2)C1=O. The molecule has 0 aliphatic carbocycles. The fourth-order valence-corrected chi connectivity index (χ4v) is 4.03. The highest BCUT2D eigenvalue weighted by Gasteiger charge is 2.51. The van der Waals surface area contributed by atoms with Crippen LogP contribution in [0.3, 0.4) is 0 Å². The van der Waals surface area contributed by atoms with Crippen molar-refractivity contribution >= 4 is 11.8 Å². The quantitative estimate of drug-likeness (QED) is 0.855. The van der Waals surface area contributed by atoms with E-state index in [0.717, 1.165) is 24.9 Å². The molecule has 142 valence electrons. The van der Waals surface area contributed by atoms with Crippen LogP contribution in [0.2, 0.25) is 0 Å². The molecule has 2 aromatic rings. The van der Waals surface area contributed by atoms with Gasteiger partial charge < -0.3 is 14.5 Å². The minimum absolute atomic E-state index is 0.0286. The number of carbonyl (C=O) groups excluding carboxylic acids is 2. The van der Waals surface area contributed by atoms with Crippen molar-refractivity contribution in [3.05, 3.63) is 36.2 Å². The number of rotatable bonds is 5. The first-order valence-corrected chi connectivity index (χ1v) is 9.16. The zero-order chi connectivity index (χ0) is 18.9. The molecule has 2 aliphatic rings. The van der Waals surface area contributed by atoms with Crippen LogP contribution in [-0.4, -0.2) is 76.7 Å². The van der Waals surface area contributed by atoms with Gasteiger partial charge in [0.1, 0.15) is 6.33 Å². The molecule has 0 saturated carbocycles. The van der Waals surface area contributed by atoms with Crippen molar-refractivity contribution < 1.29 is 14.3 Å². The van der Waals surface area contributed by atoms with Gasteiger partial charge in [-0.25, -0.2) is 4.98 Å². The molecule has 1 atom stereocenters. The van der Waals surface area contributed by atoms with Crippen LogP contribution < -0.4 is 0 Å². The summed E-state index contributed by atoms with van der Waals surface area (Å²) in [5.41, 5.74) is 1.09. The number of aromatic amines is 1. The molecule has 2 fully saturated rings. The number of nitrogens with one attached hydrogen (secondary N) is 1. The second-order valence-corrected chi connectivity index (χ2v) is 7.20. The van der Waals surface area contributed by atoms with E-state index >= 15 is 0 Å².